The Hall–Kier alpha value is -2.64. The summed E-state index contributed by atoms with van der Waals surface area (Å²) in [4.78, 5) is 0. The zero-order chi connectivity index (χ0) is 14.9. The molecule has 0 saturated carbocycles. The second-order valence-corrected chi connectivity index (χ2v) is 4.60. The molecule has 2 aromatic carbocycles. The lowest BCUT2D eigenvalue weighted by Gasteiger charge is -1.98. The fourth-order valence-corrected chi connectivity index (χ4v) is 1.91. The summed E-state index contributed by atoms with van der Waals surface area (Å²) in [5.41, 5.74) is 3.31. The van der Waals surface area contributed by atoms with E-state index in [9.17, 15) is 0 Å². The summed E-state index contributed by atoms with van der Waals surface area (Å²) in [5.74, 6) is 13.2. The van der Waals surface area contributed by atoms with Crippen molar-refractivity contribution in [3.8, 4) is 29.4 Å². The Balaban J connectivity index is 2.02. The maximum absolute atomic E-state index is 5.13. The van der Waals surface area contributed by atoms with Gasteiger partial charge in [0.1, 0.15) is 5.75 Å². The van der Waals surface area contributed by atoms with E-state index < -0.39 is 0 Å². The molecule has 0 aliphatic rings. The molecular weight excluding hydrogens is 256 g/mol. The number of ether oxygens (including phenoxy) is 1. The molecular formula is C20H18O. The van der Waals surface area contributed by atoms with E-state index in [1.165, 1.54) is 5.56 Å². The molecule has 2 aromatic rings. The molecule has 0 aliphatic heterocycles. The number of hydrogen-bond donors (Lipinski definition) is 0. The molecule has 0 saturated heterocycles. The number of methoxy groups -OCH3 is 1. The van der Waals surface area contributed by atoms with Crippen LogP contribution < -0.4 is 4.74 Å². The third-order valence-electron chi connectivity index (χ3n) is 3.11. The molecule has 0 amide bonds. The summed E-state index contributed by atoms with van der Waals surface area (Å²) in [7, 11) is 1.66. The zero-order valence-corrected chi connectivity index (χ0v) is 12.4. The molecule has 0 aliphatic carbocycles. The van der Waals surface area contributed by atoms with Gasteiger partial charge in [-0.1, -0.05) is 24.0 Å². The number of aryl methyl sites for hydroxylation is 1. The molecule has 0 heterocycles. The summed E-state index contributed by atoms with van der Waals surface area (Å²) in [6, 6.07) is 16.1. The minimum absolute atomic E-state index is 0.847. The summed E-state index contributed by atoms with van der Waals surface area (Å²) in [5, 5.41) is 0. The van der Waals surface area contributed by atoms with E-state index in [0.29, 0.717) is 0 Å². The third kappa shape index (κ3) is 4.75. The summed E-state index contributed by atoms with van der Waals surface area (Å²) in [6.45, 7) is 1.87. The average Bonchev–Trinajstić information content (AvgIpc) is 2.55. The predicted octanol–water partition coefficient (Wildman–Crippen LogP) is 4.05. The van der Waals surface area contributed by atoms with Gasteiger partial charge in [-0.25, -0.2) is 0 Å². The van der Waals surface area contributed by atoms with E-state index in [1.54, 1.807) is 7.11 Å². The van der Waals surface area contributed by atoms with E-state index in [4.69, 9.17) is 4.74 Å². The van der Waals surface area contributed by atoms with E-state index in [1.807, 2.05) is 31.2 Å². The van der Waals surface area contributed by atoms with Crippen molar-refractivity contribution in [2.24, 2.45) is 0 Å². The molecule has 1 nitrogen and oxygen atoms in total. The van der Waals surface area contributed by atoms with Crippen LogP contribution >= 0.6 is 0 Å². The number of hydrogen-bond acceptors (Lipinski definition) is 1. The van der Waals surface area contributed by atoms with Crippen LogP contribution in [0.4, 0.5) is 0 Å². The molecule has 0 fully saturated rings. The topological polar surface area (TPSA) is 9.23 Å². The predicted molar refractivity (Wildman–Crippen MR) is 87.2 cm³/mol. The fourth-order valence-electron chi connectivity index (χ4n) is 1.91. The van der Waals surface area contributed by atoms with Crippen LogP contribution in [0.15, 0.2) is 48.5 Å². The van der Waals surface area contributed by atoms with Crippen LogP contribution in [0, 0.1) is 23.7 Å². The first kappa shape index (κ1) is 14.8. The molecule has 0 atom stereocenters. The molecule has 21 heavy (non-hydrogen) atoms. The normalized spacial score (nSPS) is 9.05. The van der Waals surface area contributed by atoms with Crippen LogP contribution in [0.1, 0.15) is 30.0 Å². The van der Waals surface area contributed by atoms with Crippen LogP contribution in [-0.4, -0.2) is 7.11 Å². The lowest BCUT2D eigenvalue weighted by Crippen LogP contribution is -1.84. The highest BCUT2D eigenvalue weighted by Crippen LogP contribution is 2.11. The van der Waals surface area contributed by atoms with Gasteiger partial charge in [-0.05, 0) is 55.3 Å². The van der Waals surface area contributed by atoms with Crippen molar-refractivity contribution in [3.05, 3.63) is 65.2 Å². The van der Waals surface area contributed by atoms with Crippen molar-refractivity contribution >= 4 is 0 Å². The molecule has 2 rings (SSSR count). The highest BCUT2D eigenvalue weighted by atomic mass is 16.5. The van der Waals surface area contributed by atoms with Gasteiger partial charge in [-0.2, -0.15) is 0 Å². The standard InChI is InChI=1S/C20H18O/c1-3-4-5-6-17-7-9-18(10-8-17)11-12-19-13-15-20(21-2)16-14-19/h7-10,13-16H,5-6H2,1-2H3. The lowest BCUT2D eigenvalue weighted by molar-refractivity contribution is 0.415. The minimum atomic E-state index is 0.847. The Bertz CT molecular complexity index is 686. The van der Waals surface area contributed by atoms with Crippen molar-refractivity contribution in [3.63, 3.8) is 0 Å². The lowest BCUT2D eigenvalue weighted by atomic mass is 10.1. The van der Waals surface area contributed by atoms with Gasteiger partial charge in [0.05, 0.1) is 7.11 Å². The van der Waals surface area contributed by atoms with Crippen LogP contribution in [0.25, 0.3) is 0 Å². The van der Waals surface area contributed by atoms with Crippen LogP contribution in [0.5, 0.6) is 5.75 Å². The maximum atomic E-state index is 5.13. The molecule has 1 heteroatoms. The Morgan fingerprint density at radius 2 is 1.43 bits per heavy atom. The Kier molecular flexibility index (Phi) is 5.50. The van der Waals surface area contributed by atoms with E-state index in [0.717, 1.165) is 29.7 Å². The molecule has 104 valence electrons. The van der Waals surface area contributed by atoms with Gasteiger partial charge < -0.3 is 4.74 Å². The molecule has 0 aromatic heterocycles. The summed E-state index contributed by atoms with van der Waals surface area (Å²) in [6.07, 6.45) is 1.90. The van der Waals surface area contributed by atoms with Crippen molar-refractivity contribution in [1.29, 1.82) is 0 Å². The zero-order valence-electron chi connectivity index (χ0n) is 12.4. The van der Waals surface area contributed by atoms with Gasteiger partial charge in [0.25, 0.3) is 0 Å². The summed E-state index contributed by atoms with van der Waals surface area (Å²) >= 11 is 0. The van der Waals surface area contributed by atoms with E-state index in [2.05, 4.69) is 47.9 Å². The second-order valence-electron chi connectivity index (χ2n) is 4.60. The monoisotopic (exact) mass is 274 g/mol. The van der Waals surface area contributed by atoms with Gasteiger partial charge in [-0.15, -0.1) is 11.8 Å². The molecule has 0 radical (unpaired) electrons. The Morgan fingerprint density at radius 3 is 1.95 bits per heavy atom. The van der Waals surface area contributed by atoms with Crippen molar-refractivity contribution in [2.45, 2.75) is 19.8 Å². The van der Waals surface area contributed by atoms with Crippen molar-refractivity contribution < 1.29 is 4.74 Å². The first-order valence-corrected chi connectivity index (χ1v) is 6.96. The third-order valence-corrected chi connectivity index (χ3v) is 3.11. The largest absolute Gasteiger partial charge is 0.497 e. The van der Waals surface area contributed by atoms with Crippen LogP contribution in [0.3, 0.4) is 0 Å². The fraction of sp³-hybridized carbons (Fsp3) is 0.200. The Labute approximate surface area is 127 Å². The number of rotatable bonds is 3. The first-order chi connectivity index (χ1) is 10.3. The second kappa shape index (κ2) is 7.83. The van der Waals surface area contributed by atoms with Gasteiger partial charge in [0, 0.05) is 17.5 Å². The average molecular weight is 274 g/mol. The smallest absolute Gasteiger partial charge is 0.118 e. The van der Waals surface area contributed by atoms with E-state index >= 15 is 0 Å². The quantitative estimate of drug-likeness (QED) is 0.767. The highest BCUT2D eigenvalue weighted by Gasteiger charge is 1.93. The number of benzene rings is 2. The van der Waals surface area contributed by atoms with E-state index in [-0.39, 0.29) is 0 Å². The molecule has 0 bridgehead atoms. The summed E-state index contributed by atoms with van der Waals surface area (Å²) < 4.78 is 5.13. The van der Waals surface area contributed by atoms with Gasteiger partial charge >= 0.3 is 0 Å². The van der Waals surface area contributed by atoms with Crippen molar-refractivity contribution in [1.82, 2.24) is 0 Å². The van der Waals surface area contributed by atoms with Crippen LogP contribution in [0.2, 0.25) is 0 Å². The Morgan fingerprint density at radius 1 is 0.857 bits per heavy atom. The highest BCUT2D eigenvalue weighted by molar-refractivity contribution is 5.44. The van der Waals surface area contributed by atoms with Crippen molar-refractivity contribution in [2.75, 3.05) is 7.11 Å². The molecule has 0 unspecified atom stereocenters. The minimum Gasteiger partial charge on any atom is -0.497 e. The van der Waals surface area contributed by atoms with Gasteiger partial charge in [0.2, 0.25) is 0 Å². The van der Waals surface area contributed by atoms with Gasteiger partial charge in [-0.3, -0.25) is 0 Å². The van der Waals surface area contributed by atoms with Gasteiger partial charge in [0.15, 0.2) is 0 Å². The SMILES string of the molecule is CC#CCCc1ccc(C#Cc2ccc(OC)cc2)cc1. The molecule has 0 N–H and O–H groups in total. The molecule has 0 spiro atoms. The first-order valence-electron chi connectivity index (χ1n) is 6.96. The maximum Gasteiger partial charge on any atom is 0.118 e. The van der Waals surface area contributed by atoms with Crippen LogP contribution in [-0.2, 0) is 6.42 Å².